The number of nitrogens with zero attached hydrogens (tertiary/aromatic N) is 2. The maximum Gasteiger partial charge on any atom is 0.262 e. The molecule has 1 aromatic heterocycles. The van der Waals surface area contributed by atoms with Crippen LogP contribution in [0.15, 0.2) is 58.5 Å². The Morgan fingerprint density at radius 2 is 1.70 bits per heavy atom. The van der Waals surface area contributed by atoms with Crippen molar-refractivity contribution in [2.75, 3.05) is 11.0 Å². The average molecular weight is 446 g/mol. The van der Waals surface area contributed by atoms with Gasteiger partial charge in [0.25, 0.3) is 5.56 Å². The number of rotatable bonds is 7. The molecule has 3 aromatic rings. The fraction of sp³-hybridized carbons (Fsp3) is 0.286. The van der Waals surface area contributed by atoms with Crippen LogP contribution in [-0.4, -0.2) is 35.3 Å². The third-order valence-corrected chi connectivity index (χ3v) is 6.09. The molecule has 0 saturated carbocycles. The molecule has 7 nitrogen and oxygen atoms in total. The highest BCUT2D eigenvalue weighted by Gasteiger charge is 2.21. The fourth-order valence-corrected chi connectivity index (χ4v) is 4.71. The van der Waals surface area contributed by atoms with Crippen molar-refractivity contribution in [3.63, 3.8) is 0 Å². The Balaban J connectivity index is 1.89. The lowest BCUT2D eigenvalue weighted by Gasteiger charge is -2.18. The zero-order chi connectivity index (χ0) is 22.1. The van der Waals surface area contributed by atoms with E-state index in [-0.39, 0.29) is 17.4 Å². The quantitative estimate of drug-likeness (QED) is 0.338. The van der Waals surface area contributed by atoms with Crippen LogP contribution in [0.2, 0.25) is 0 Å². The molecule has 3 rings (SSSR count). The van der Waals surface area contributed by atoms with Gasteiger partial charge >= 0.3 is 0 Å². The molecule has 0 spiro atoms. The van der Waals surface area contributed by atoms with Crippen molar-refractivity contribution >= 4 is 44.2 Å². The molecular weight excluding hydrogens is 422 g/mol. The van der Waals surface area contributed by atoms with Gasteiger partial charge in [0.15, 0.2) is 10.9 Å². The lowest BCUT2D eigenvalue weighted by Crippen LogP contribution is -2.26. The maximum atomic E-state index is 12.9. The second kappa shape index (κ2) is 8.61. The van der Waals surface area contributed by atoms with E-state index in [4.69, 9.17) is 0 Å². The van der Waals surface area contributed by atoms with Gasteiger partial charge in [-0.3, -0.25) is 18.9 Å². The molecule has 0 aliphatic heterocycles. The van der Waals surface area contributed by atoms with Gasteiger partial charge in [-0.25, -0.2) is 13.4 Å². The minimum Gasteiger partial charge on any atom is -0.293 e. The number of thioether (sulfide) groups is 1. The number of para-hydroxylation sites is 1. The summed E-state index contributed by atoms with van der Waals surface area (Å²) in [4.78, 5) is 30.5. The highest BCUT2D eigenvalue weighted by molar-refractivity contribution is 8.00. The van der Waals surface area contributed by atoms with Gasteiger partial charge in [-0.05, 0) is 57.2 Å². The number of nitrogens with one attached hydrogen (secondary N) is 1. The van der Waals surface area contributed by atoms with Crippen molar-refractivity contribution in [1.82, 2.24) is 9.55 Å². The molecule has 1 N–H and O–H groups in total. The van der Waals surface area contributed by atoms with Crippen molar-refractivity contribution in [2.24, 2.45) is 0 Å². The van der Waals surface area contributed by atoms with E-state index < -0.39 is 15.3 Å². The first-order valence-corrected chi connectivity index (χ1v) is 12.1. The van der Waals surface area contributed by atoms with Gasteiger partial charge in [0.05, 0.1) is 22.4 Å². The summed E-state index contributed by atoms with van der Waals surface area (Å²) in [5.41, 5.74) is 1.30. The van der Waals surface area contributed by atoms with Gasteiger partial charge in [0.1, 0.15) is 0 Å². The fourth-order valence-electron chi connectivity index (χ4n) is 3.03. The third-order valence-electron chi connectivity index (χ3n) is 4.42. The van der Waals surface area contributed by atoms with E-state index >= 15 is 0 Å². The Hall–Kier alpha value is -2.65. The highest BCUT2D eigenvalue weighted by atomic mass is 32.2. The summed E-state index contributed by atoms with van der Waals surface area (Å²) in [6, 6.07) is 13.3. The number of fused-ring (bicyclic) bond motifs is 1. The van der Waals surface area contributed by atoms with Crippen molar-refractivity contribution in [2.45, 2.75) is 37.2 Å². The monoisotopic (exact) mass is 445 g/mol. The second-order valence-electron chi connectivity index (χ2n) is 7.26. The first kappa shape index (κ1) is 22.0. The van der Waals surface area contributed by atoms with E-state index in [1.54, 1.807) is 54.0 Å². The van der Waals surface area contributed by atoms with Crippen LogP contribution in [0.3, 0.4) is 0 Å². The molecule has 0 saturated heterocycles. The Kier molecular flexibility index (Phi) is 6.33. The van der Waals surface area contributed by atoms with Crippen LogP contribution in [0, 0.1) is 0 Å². The van der Waals surface area contributed by atoms with Crippen LogP contribution in [0.5, 0.6) is 0 Å². The van der Waals surface area contributed by atoms with Crippen molar-refractivity contribution in [1.29, 1.82) is 0 Å². The van der Waals surface area contributed by atoms with Crippen molar-refractivity contribution < 1.29 is 13.2 Å². The second-order valence-corrected chi connectivity index (χ2v) is 10.3. The summed E-state index contributed by atoms with van der Waals surface area (Å²) in [7, 11) is -3.38. The van der Waals surface area contributed by atoms with Crippen LogP contribution in [0.4, 0.5) is 5.69 Å². The number of Topliss-reactive ketones (excluding diaryl/α,β-unsaturated/α-hetero) is 1. The molecule has 2 aromatic carbocycles. The van der Waals surface area contributed by atoms with E-state index in [1.807, 2.05) is 19.9 Å². The molecule has 0 radical (unpaired) electrons. The topological polar surface area (TPSA) is 98.1 Å². The number of ketones is 1. The van der Waals surface area contributed by atoms with Crippen LogP contribution >= 0.6 is 11.8 Å². The van der Waals surface area contributed by atoms with Gasteiger partial charge in [0, 0.05) is 17.3 Å². The van der Waals surface area contributed by atoms with E-state index in [1.165, 1.54) is 11.8 Å². The van der Waals surface area contributed by atoms with E-state index in [0.29, 0.717) is 27.3 Å². The highest BCUT2D eigenvalue weighted by Crippen LogP contribution is 2.27. The third kappa shape index (κ3) is 4.91. The minimum absolute atomic E-state index is 0.110. The lowest BCUT2D eigenvalue weighted by molar-refractivity contribution is 0.0994. The van der Waals surface area contributed by atoms with Crippen LogP contribution in [0.1, 0.15) is 37.2 Å². The zero-order valence-electron chi connectivity index (χ0n) is 17.1. The normalized spacial score (nSPS) is 12.8. The minimum atomic E-state index is -3.38. The Morgan fingerprint density at radius 3 is 2.30 bits per heavy atom. The summed E-state index contributed by atoms with van der Waals surface area (Å²) in [5.74, 6) is -0.136. The molecule has 9 heteroatoms. The molecule has 0 fully saturated rings. The summed E-state index contributed by atoms with van der Waals surface area (Å²) in [5, 5.41) is 0.546. The number of hydrogen-bond donors (Lipinski definition) is 1. The molecule has 0 amide bonds. The maximum absolute atomic E-state index is 12.9. The molecule has 158 valence electrons. The molecule has 0 bridgehead atoms. The molecule has 1 heterocycles. The SMILES string of the molecule is CC(C)n1c(S[C@@H](C)C(=O)c2ccc(NS(C)(=O)=O)cc2)nc2ccccc2c1=O. The Morgan fingerprint density at radius 1 is 1.07 bits per heavy atom. The van der Waals surface area contributed by atoms with E-state index in [0.717, 1.165) is 6.26 Å². The smallest absolute Gasteiger partial charge is 0.262 e. The van der Waals surface area contributed by atoms with Crippen LogP contribution < -0.4 is 10.3 Å². The first-order valence-electron chi connectivity index (χ1n) is 9.37. The summed E-state index contributed by atoms with van der Waals surface area (Å²) in [6.07, 6.45) is 1.07. The predicted molar refractivity (Wildman–Crippen MR) is 121 cm³/mol. The summed E-state index contributed by atoms with van der Waals surface area (Å²) >= 11 is 1.24. The Labute approximate surface area is 179 Å². The van der Waals surface area contributed by atoms with E-state index in [9.17, 15) is 18.0 Å². The lowest BCUT2D eigenvalue weighted by atomic mass is 10.1. The number of hydrogen-bond acceptors (Lipinski definition) is 6. The zero-order valence-corrected chi connectivity index (χ0v) is 18.8. The first-order chi connectivity index (χ1) is 14.1. The molecule has 0 aliphatic rings. The van der Waals surface area contributed by atoms with Crippen LogP contribution in [0.25, 0.3) is 10.9 Å². The summed E-state index contributed by atoms with van der Waals surface area (Å²) in [6.45, 7) is 5.57. The number of sulfonamides is 1. The van der Waals surface area contributed by atoms with Crippen molar-refractivity contribution in [3.05, 3.63) is 64.4 Å². The van der Waals surface area contributed by atoms with Gasteiger partial charge < -0.3 is 0 Å². The number of carbonyl (C=O) groups is 1. The molecule has 0 unspecified atom stereocenters. The van der Waals surface area contributed by atoms with Gasteiger partial charge in [-0.15, -0.1) is 0 Å². The predicted octanol–water partition coefficient (Wildman–Crippen LogP) is 3.71. The molecular formula is C21H23N3O4S2. The number of carbonyl (C=O) groups excluding carboxylic acids is 1. The van der Waals surface area contributed by atoms with E-state index in [2.05, 4.69) is 9.71 Å². The van der Waals surface area contributed by atoms with Gasteiger partial charge in [-0.2, -0.15) is 0 Å². The Bertz CT molecular complexity index is 1250. The van der Waals surface area contributed by atoms with Gasteiger partial charge in [-0.1, -0.05) is 23.9 Å². The number of aromatic nitrogens is 2. The molecule has 30 heavy (non-hydrogen) atoms. The average Bonchev–Trinajstić information content (AvgIpc) is 2.66. The van der Waals surface area contributed by atoms with Gasteiger partial charge in [0.2, 0.25) is 10.0 Å². The van der Waals surface area contributed by atoms with Crippen molar-refractivity contribution in [3.8, 4) is 0 Å². The molecule has 0 aliphatic carbocycles. The number of anilines is 1. The van der Waals surface area contributed by atoms with Crippen LogP contribution in [-0.2, 0) is 10.0 Å². The standard InChI is InChI=1S/C21H23N3O4S2/c1-13(2)24-20(26)17-7-5-6-8-18(17)22-21(24)29-14(3)19(25)15-9-11-16(12-10-15)23-30(4,27)28/h5-14,23H,1-4H3/t14-/m0/s1. The largest absolute Gasteiger partial charge is 0.293 e. The molecule has 1 atom stereocenters. The summed E-state index contributed by atoms with van der Waals surface area (Å²) < 4.78 is 26.6. The number of benzene rings is 2.